The van der Waals surface area contributed by atoms with Crippen molar-refractivity contribution in [3.63, 3.8) is 0 Å². The van der Waals surface area contributed by atoms with Crippen molar-refractivity contribution < 1.29 is 9.90 Å². The number of carbonyl (C=O) groups is 1. The van der Waals surface area contributed by atoms with Crippen LogP contribution >= 0.6 is 0 Å². The van der Waals surface area contributed by atoms with Gasteiger partial charge in [0.1, 0.15) is 0 Å². The minimum Gasteiger partial charge on any atom is -0.478 e. The second kappa shape index (κ2) is 2.90. The predicted octanol–water partition coefficient (Wildman–Crippen LogP) is 0.975. The van der Waals surface area contributed by atoms with Gasteiger partial charge in [-0.05, 0) is 12.1 Å². The zero-order chi connectivity index (χ0) is 9.26. The number of pyridine rings is 1. The molecule has 1 aromatic rings. The third-order valence-corrected chi connectivity index (χ3v) is 1.93. The summed E-state index contributed by atoms with van der Waals surface area (Å²) in [6.45, 7) is 0.355. The van der Waals surface area contributed by atoms with E-state index < -0.39 is 5.97 Å². The van der Waals surface area contributed by atoms with E-state index in [2.05, 4.69) is 10.3 Å². The summed E-state index contributed by atoms with van der Waals surface area (Å²) in [5, 5.41) is 11.7. The Balaban J connectivity index is 2.44. The van der Waals surface area contributed by atoms with Crippen LogP contribution in [0.1, 0.15) is 5.56 Å². The van der Waals surface area contributed by atoms with Gasteiger partial charge in [0.2, 0.25) is 0 Å². The van der Waals surface area contributed by atoms with Crippen molar-refractivity contribution in [2.75, 3.05) is 11.9 Å². The molecule has 0 aliphatic carbocycles. The molecule has 2 rings (SSSR count). The first-order valence-electron chi connectivity index (χ1n) is 3.89. The van der Waals surface area contributed by atoms with Crippen LogP contribution in [-0.4, -0.2) is 22.6 Å². The van der Waals surface area contributed by atoms with Gasteiger partial charge in [0.05, 0.1) is 17.5 Å². The van der Waals surface area contributed by atoms with Crippen molar-refractivity contribution in [1.29, 1.82) is 0 Å². The van der Waals surface area contributed by atoms with E-state index in [1.54, 1.807) is 24.5 Å². The molecule has 1 aliphatic rings. The van der Waals surface area contributed by atoms with Crippen molar-refractivity contribution in [1.82, 2.24) is 4.98 Å². The van der Waals surface area contributed by atoms with Crippen molar-refractivity contribution in [3.8, 4) is 0 Å². The Morgan fingerprint density at radius 1 is 1.62 bits per heavy atom. The first-order valence-corrected chi connectivity index (χ1v) is 3.89. The monoisotopic (exact) mass is 176 g/mol. The summed E-state index contributed by atoms with van der Waals surface area (Å²) in [5.74, 6) is -0.880. The molecule has 4 heteroatoms. The van der Waals surface area contributed by atoms with Crippen LogP contribution in [-0.2, 0) is 4.79 Å². The van der Waals surface area contributed by atoms with E-state index in [4.69, 9.17) is 5.11 Å². The van der Waals surface area contributed by atoms with E-state index in [1.807, 2.05) is 0 Å². The number of rotatable bonds is 1. The third kappa shape index (κ3) is 1.38. The first kappa shape index (κ1) is 7.79. The quantitative estimate of drug-likeness (QED) is 0.669. The molecule has 0 fully saturated rings. The molecule has 1 aliphatic heterocycles. The molecule has 1 aromatic heterocycles. The lowest BCUT2D eigenvalue weighted by molar-refractivity contribution is -0.132. The van der Waals surface area contributed by atoms with E-state index in [-0.39, 0.29) is 0 Å². The zero-order valence-corrected chi connectivity index (χ0v) is 6.82. The molecule has 0 saturated carbocycles. The molecule has 0 atom stereocenters. The maximum atomic E-state index is 10.6. The number of carboxylic acids is 1. The van der Waals surface area contributed by atoms with Crippen LogP contribution in [0.3, 0.4) is 0 Å². The van der Waals surface area contributed by atoms with Gasteiger partial charge in [0.25, 0.3) is 0 Å². The largest absolute Gasteiger partial charge is 0.478 e. The second-order valence-corrected chi connectivity index (χ2v) is 2.79. The summed E-state index contributed by atoms with van der Waals surface area (Å²) < 4.78 is 0. The molecule has 0 amide bonds. The van der Waals surface area contributed by atoms with Gasteiger partial charge in [-0.3, -0.25) is 4.98 Å². The fourth-order valence-electron chi connectivity index (χ4n) is 1.25. The SMILES string of the molecule is O=C(O)C1=Cc2ccncc2NC1. The van der Waals surface area contributed by atoms with E-state index in [9.17, 15) is 4.79 Å². The molecule has 4 nitrogen and oxygen atoms in total. The highest BCUT2D eigenvalue weighted by molar-refractivity contribution is 5.95. The minimum atomic E-state index is -0.880. The Bertz CT molecular complexity index is 385. The lowest BCUT2D eigenvalue weighted by Gasteiger charge is -2.14. The van der Waals surface area contributed by atoms with E-state index >= 15 is 0 Å². The lowest BCUT2D eigenvalue weighted by Crippen LogP contribution is -2.16. The van der Waals surface area contributed by atoms with Crippen LogP contribution in [0.4, 0.5) is 5.69 Å². The number of nitrogens with zero attached hydrogens (tertiary/aromatic N) is 1. The van der Waals surface area contributed by atoms with Gasteiger partial charge in [-0.15, -0.1) is 0 Å². The number of aromatic nitrogens is 1. The van der Waals surface area contributed by atoms with Gasteiger partial charge in [-0.2, -0.15) is 0 Å². The van der Waals surface area contributed by atoms with Crippen molar-refractivity contribution in [2.45, 2.75) is 0 Å². The average molecular weight is 176 g/mol. The molecule has 66 valence electrons. The Morgan fingerprint density at radius 3 is 3.23 bits per heavy atom. The molecular formula is C9H8N2O2. The Morgan fingerprint density at radius 2 is 2.46 bits per heavy atom. The number of carboxylic acid groups (broad SMARTS) is 1. The molecular weight excluding hydrogens is 168 g/mol. The molecule has 2 N–H and O–H groups in total. The van der Waals surface area contributed by atoms with E-state index in [0.29, 0.717) is 12.1 Å². The minimum absolute atomic E-state index is 0.355. The van der Waals surface area contributed by atoms with Gasteiger partial charge >= 0.3 is 5.97 Å². The first-order chi connectivity index (χ1) is 6.27. The van der Waals surface area contributed by atoms with E-state index in [0.717, 1.165) is 11.3 Å². The maximum absolute atomic E-state index is 10.6. The third-order valence-electron chi connectivity index (χ3n) is 1.93. The topological polar surface area (TPSA) is 62.2 Å². The molecule has 0 bridgehead atoms. The Labute approximate surface area is 74.9 Å². The van der Waals surface area contributed by atoms with Crippen LogP contribution in [0.15, 0.2) is 24.0 Å². The van der Waals surface area contributed by atoms with Crippen molar-refractivity contribution in [2.24, 2.45) is 0 Å². The second-order valence-electron chi connectivity index (χ2n) is 2.79. The summed E-state index contributed by atoms with van der Waals surface area (Å²) in [6.07, 6.45) is 4.99. The van der Waals surface area contributed by atoms with Gasteiger partial charge in [0.15, 0.2) is 0 Å². The van der Waals surface area contributed by atoms with Crippen LogP contribution in [0, 0.1) is 0 Å². The number of nitrogens with one attached hydrogen (secondary N) is 1. The normalized spacial score (nSPS) is 14.0. The van der Waals surface area contributed by atoms with Crippen molar-refractivity contribution >= 4 is 17.7 Å². The van der Waals surface area contributed by atoms with Gasteiger partial charge < -0.3 is 10.4 Å². The number of anilines is 1. The Hall–Kier alpha value is -1.84. The lowest BCUT2D eigenvalue weighted by atomic mass is 10.1. The van der Waals surface area contributed by atoms with E-state index in [1.165, 1.54) is 0 Å². The molecule has 0 unspecified atom stereocenters. The number of hydrogen-bond acceptors (Lipinski definition) is 3. The molecule has 0 spiro atoms. The summed E-state index contributed by atoms with van der Waals surface area (Å²) in [5.41, 5.74) is 2.13. The molecule has 0 saturated heterocycles. The zero-order valence-electron chi connectivity index (χ0n) is 6.82. The predicted molar refractivity (Wildman–Crippen MR) is 48.3 cm³/mol. The number of aliphatic carboxylic acids is 1. The highest BCUT2D eigenvalue weighted by Crippen LogP contribution is 2.21. The highest BCUT2D eigenvalue weighted by atomic mass is 16.4. The molecule has 0 aromatic carbocycles. The van der Waals surface area contributed by atoms with Crippen LogP contribution < -0.4 is 5.32 Å². The Kier molecular flexibility index (Phi) is 1.73. The molecule has 2 heterocycles. The van der Waals surface area contributed by atoms with Crippen molar-refractivity contribution in [3.05, 3.63) is 29.6 Å². The molecule has 13 heavy (non-hydrogen) atoms. The van der Waals surface area contributed by atoms with Crippen LogP contribution in [0.25, 0.3) is 6.08 Å². The number of hydrogen-bond donors (Lipinski definition) is 2. The standard InChI is InChI=1S/C9H8N2O2/c12-9(13)7-3-6-1-2-10-5-8(6)11-4-7/h1-3,5,11H,4H2,(H,12,13). The average Bonchev–Trinajstić information content (AvgIpc) is 2.17. The maximum Gasteiger partial charge on any atom is 0.333 e. The smallest absolute Gasteiger partial charge is 0.333 e. The summed E-state index contributed by atoms with van der Waals surface area (Å²) in [6, 6.07) is 1.78. The number of fused-ring (bicyclic) bond motifs is 1. The molecule has 0 radical (unpaired) electrons. The van der Waals surface area contributed by atoms with Crippen LogP contribution in [0.2, 0.25) is 0 Å². The van der Waals surface area contributed by atoms with Crippen LogP contribution in [0.5, 0.6) is 0 Å². The summed E-state index contributed by atoms with van der Waals surface area (Å²) in [7, 11) is 0. The fourth-order valence-corrected chi connectivity index (χ4v) is 1.25. The van der Waals surface area contributed by atoms with Gasteiger partial charge in [0, 0.05) is 18.3 Å². The summed E-state index contributed by atoms with van der Waals surface area (Å²) >= 11 is 0. The fraction of sp³-hybridized carbons (Fsp3) is 0.111. The highest BCUT2D eigenvalue weighted by Gasteiger charge is 2.13. The van der Waals surface area contributed by atoms with Gasteiger partial charge in [-0.1, -0.05) is 0 Å². The van der Waals surface area contributed by atoms with Gasteiger partial charge in [-0.25, -0.2) is 4.79 Å². The summed E-state index contributed by atoms with van der Waals surface area (Å²) in [4.78, 5) is 14.6.